The summed E-state index contributed by atoms with van der Waals surface area (Å²) >= 11 is 0. The molecule has 0 aromatic carbocycles. The lowest BCUT2D eigenvalue weighted by atomic mass is 9.94. The number of fused-ring (bicyclic) bond motifs is 2. The van der Waals surface area contributed by atoms with E-state index < -0.39 is 6.29 Å². The Bertz CT molecular complexity index is 395. The van der Waals surface area contributed by atoms with E-state index in [0.29, 0.717) is 11.8 Å². The maximum Gasteiger partial charge on any atom is 0.311 e. The van der Waals surface area contributed by atoms with Gasteiger partial charge < -0.3 is 9.47 Å². The number of allylic oxidation sites excluding steroid dienone is 2. The Labute approximate surface area is 121 Å². The third-order valence-electron chi connectivity index (χ3n) is 5.44. The van der Waals surface area contributed by atoms with E-state index in [1.165, 1.54) is 12.8 Å². The Morgan fingerprint density at radius 1 is 1.30 bits per heavy atom. The number of carbonyl (C=O) groups excluding carboxylic acids is 1. The molecule has 4 atom stereocenters. The van der Waals surface area contributed by atoms with Crippen molar-refractivity contribution in [3.63, 3.8) is 0 Å². The molecule has 3 heteroatoms. The molecule has 0 saturated heterocycles. The Hall–Kier alpha value is -0.830. The van der Waals surface area contributed by atoms with Crippen molar-refractivity contribution in [2.75, 3.05) is 0 Å². The number of hydrogen-bond acceptors (Lipinski definition) is 3. The molecule has 0 radical (unpaired) electrons. The summed E-state index contributed by atoms with van der Waals surface area (Å²) in [5.74, 6) is 1.02. The number of esters is 1. The van der Waals surface area contributed by atoms with Crippen molar-refractivity contribution in [3.8, 4) is 0 Å². The Kier molecular flexibility index (Phi) is 3.89. The van der Waals surface area contributed by atoms with Crippen molar-refractivity contribution in [3.05, 3.63) is 12.2 Å². The van der Waals surface area contributed by atoms with Crippen molar-refractivity contribution in [2.45, 2.75) is 70.7 Å². The second-order valence-corrected chi connectivity index (χ2v) is 6.75. The fraction of sp³-hybridized carbons (Fsp3) is 0.824. The topological polar surface area (TPSA) is 35.5 Å². The van der Waals surface area contributed by atoms with Crippen LogP contribution in [-0.4, -0.2) is 17.9 Å². The molecule has 3 aliphatic carbocycles. The van der Waals surface area contributed by atoms with Crippen LogP contribution in [0.1, 0.15) is 58.8 Å². The number of hydrogen-bond donors (Lipinski definition) is 0. The van der Waals surface area contributed by atoms with Crippen LogP contribution < -0.4 is 0 Å². The van der Waals surface area contributed by atoms with E-state index in [0.717, 1.165) is 32.1 Å². The van der Waals surface area contributed by atoms with Gasteiger partial charge in [0.05, 0.1) is 11.5 Å². The van der Waals surface area contributed by atoms with E-state index in [9.17, 15) is 4.79 Å². The lowest BCUT2D eigenvalue weighted by Crippen LogP contribution is -2.36. The van der Waals surface area contributed by atoms with Crippen LogP contribution in [0.25, 0.3) is 0 Å². The number of ether oxygens (including phenoxy) is 2. The largest absolute Gasteiger partial charge is 0.436 e. The summed E-state index contributed by atoms with van der Waals surface area (Å²) in [6.45, 7) is 4.04. The molecule has 2 bridgehead atoms. The number of carbonyl (C=O) groups is 1. The predicted octanol–water partition coefficient (Wildman–Crippen LogP) is 3.83. The highest BCUT2D eigenvalue weighted by atomic mass is 16.7. The molecule has 0 aromatic heterocycles. The molecule has 2 saturated carbocycles. The van der Waals surface area contributed by atoms with Crippen molar-refractivity contribution < 1.29 is 14.3 Å². The van der Waals surface area contributed by atoms with Gasteiger partial charge in [0.25, 0.3) is 0 Å². The van der Waals surface area contributed by atoms with E-state index in [1.54, 1.807) is 0 Å². The second-order valence-electron chi connectivity index (χ2n) is 6.75. The molecule has 3 aliphatic rings. The van der Waals surface area contributed by atoms with Gasteiger partial charge in [-0.25, -0.2) is 0 Å². The van der Waals surface area contributed by atoms with Gasteiger partial charge in [-0.2, -0.15) is 0 Å². The predicted molar refractivity (Wildman–Crippen MR) is 77.0 cm³/mol. The molecule has 112 valence electrons. The Morgan fingerprint density at radius 3 is 2.60 bits per heavy atom. The minimum Gasteiger partial charge on any atom is -0.436 e. The van der Waals surface area contributed by atoms with Gasteiger partial charge >= 0.3 is 5.97 Å². The molecular weight excluding hydrogens is 252 g/mol. The SMILES string of the molecule is CCC1(OC(C)OC(=O)C2CC3C=CC2C3)CCCC1. The molecule has 0 heterocycles. The molecule has 4 unspecified atom stereocenters. The average Bonchev–Trinajstić information content (AvgIpc) is 3.14. The summed E-state index contributed by atoms with van der Waals surface area (Å²) in [6.07, 6.45) is 11.8. The summed E-state index contributed by atoms with van der Waals surface area (Å²) in [7, 11) is 0. The van der Waals surface area contributed by atoms with E-state index in [-0.39, 0.29) is 17.5 Å². The van der Waals surface area contributed by atoms with Gasteiger partial charge in [0.15, 0.2) is 0 Å². The highest BCUT2D eigenvalue weighted by Gasteiger charge is 2.42. The van der Waals surface area contributed by atoms with E-state index in [2.05, 4.69) is 19.1 Å². The third-order valence-corrected chi connectivity index (χ3v) is 5.44. The van der Waals surface area contributed by atoms with Crippen LogP contribution in [0.15, 0.2) is 12.2 Å². The smallest absolute Gasteiger partial charge is 0.311 e. The summed E-state index contributed by atoms with van der Waals surface area (Å²) in [6, 6.07) is 0. The molecule has 0 aliphatic heterocycles. The van der Waals surface area contributed by atoms with Gasteiger partial charge in [-0.05, 0) is 50.9 Å². The molecule has 20 heavy (non-hydrogen) atoms. The monoisotopic (exact) mass is 278 g/mol. The molecule has 0 amide bonds. The van der Waals surface area contributed by atoms with E-state index in [1.807, 2.05) is 6.92 Å². The van der Waals surface area contributed by atoms with Gasteiger partial charge in [-0.15, -0.1) is 0 Å². The fourth-order valence-electron chi connectivity index (χ4n) is 4.25. The van der Waals surface area contributed by atoms with E-state index >= 15 is 0 Å². The van der Waals surface area contributed by atoms with Gasteiger partial charge in [-0.3, -0.25) is 4.79 Å². The van der Waals surface area contributed by atoms with Gasteiger partial charge in [0.1, 0.15) is 0 Å². The lowest BCUT2D eigenvalue weighted by molar-refractivity contribution is -0.210. The zero-order chi connectivity index (χ0) is 14.2. The normalized spacial score (nSPS) is 35.4. The van der Waals surface area contributed by atoms with Crippen LogP contribution in [0.2, 0.25) is 0 Å². The zero-order valence-electron chi connectivity index (χ0n) is 12.6. The van der Waals surface area contributed by atoms with Crippen LogP contribution in [0.3, 0.4) is 0 Å². The second kappa shape index (κ2) is 5.51. The van der Waals surface area contributed by atoms with Gasteiger partial charge in [-0.1, -0.05) is 31.9 Å². The third kappa shape index (κ3) is 2.65. The van der Waals surface area contributed by atoms with Gasteiger partial charge in [0, 0.05) is 0 Å². The van der Waals surface area contributed by atoms with Crippen LogP contribution in [0.4, 0.5) is 0 Å². The first-order valence-corrected chi connectivity index (χ1v) is 8.18. The molecule has 0 N–H and O–H groups in total. The highest BCUT2D eigenvalue weighted by Crippen LogP contribution is 2.44. The van der Waals surface area contributed by atoms with Gasteiger partial charge in [0.2, 0.25) is 6.29 Å². The van der Waals surface area contributed by atoms with Crippen LogP contribution in [0, 0.1) is 17.8 Å². The first kappa shape index (κ1) is 14.1. The van der Waals surface area contributed by atoms with Crippen molar-refractivity contribution in [2.24, 2.45) is 17.8 Å². The minimum atomic E-state index is -0.413. The highest BCUT2D eigenvalue weighted by molar-refractivity contribution is 5.74. The quantitative estimate of drug-likeness (QED) is 0.435. The average molecular weight is 278 g/mol. The van der Waals surface area contributed by atoms with Crippen LogP contribution in [-0.2, 0) is 14.3 Å². The van der Waals surface area contributed by atoms with Crippen molar-refractivity contribution in [1.82, 2.24) is 0 Å². The molecule has 3 rings (SSSR count). The fourth-order valence-corrected chi connectivity index (χ4v) is 4.25. The van der Waals surface area contributed by atoms with Crippen molar-refractivity contribution in [1.29, 1.82) is 0 Å². The van der Waals surface area contributed by atoms with E-state index in [4.69, 9.17) is 9.47 Å². The molecular formula is C17H26O3. The number of rotatable bonds is 5. The molecule has 0 spiro atoms. The summed E-state index contributed by atoms with van der Waals surface area (Å²) in [5.41, 5.74) is -0.0473. The first-order chi connectivity index (χ1) is 9.62. The van der Waals surface area contributed by atoms with Crippen LogP contribution in [0.5, 0.6) is 0 Å². The van der Waals surface area contributed by atoms with Crippen LogP contribution >= 0.6 is 0 Å². The Balaban J connectivity index is 1.52. The summed E-state index contributed by atoms with van der Waals surface area (Å²) < 4.78 is 11.7. The lowest BCUT2D eigenvalue weighted by Gasteiger charge is -2.31. The molecule has 2 fully saturated rings. The zero-order valence-corrected chi connectivity index (χ0v) is 12.6. The summed E-state index contributed by atoms with van der Waals surface area (Å²) in [4.78, 5) is 12.3. The minimum absolute atomic E-state index is 0.0473. The Morgan fingerprint density at radius 2 is 2.05 bits per heavy atom. The molecule has 3 nitrogen and oxygen atoms in total. The first-order valence-electron chi connectivity index (χ1n) is 8.18. The maximum absolute atomic E-state index is 12.3. The summed E-state index contributed by atoms with van der Waals surface area (Å²) in [5, 5.41) is 0. The molecule has 0 aromatic rings. The van der Waals surface area contributed by atoms with Crippen molar-refractivity contribution >= 4 is 5.97 Å². The maximum atomic E-state index is 12.3. The standard InChI is InChI=1S/C17H26O3/c1-3-17(8-4-5-9-17)20-12(2)19-16(18)15-11-13-6-7-14(15)10-13/h6-7,12-15H,3-5,8-11H2,1-2H3.